The van der Waals surface area contributed by atoms with Crippen LogP contribution in [0.2, 0.25) is 0 Å². The Morgan fingerprint density at radius 3 is 2.23 bits per heavy atom. The molecule has 0 aliphatic heterocycles. The second kappa shape index (κ2) is 8.09. The molecule has 1 N–H and O–H groups in total. The number of aryl methyl sites for hydroxylation is 1. The van der Waals surface area contributed by atoms with Gasteiger partial charge in [0.15, 0.2) is 0 Å². The van der Waals surface area contributed by atoms with E-state index < -0.39 is 32.2 Å². The minimum Gasteiger partial charge on any atom is -0.261 e. The zero-order valence-corrected chi connectivity index (χ0v) is 18.4. The fraction of sp³-hybridized carbons (Fsp3) is 0.261. The zero-order valence-electron chi connectivity index (χ0n) is 17.6. The predicted molar refractivity (Wildman–Crippen MR) is 114 cm³/mol. The molecular formula is C23H23F3N2O2S. The maximum Gasteiger partial charge on any atom is 0.416 e. The molecule has 0 fully saturated rings. The van der Waals surface area contributed by atoms with Gasteiger partial charge in [0, 0.05) is 11.9 Å². The summed E-state index contributed by atoms with van der Waals surface area (Å²) in [7, 11) is -4.20. The summed E-state index contributed by atoms with van der Waals surface area (Å²) in [5.41, 5.74) is 2.37. The van der Waals surface area contributed by atoms with Crippen LogP contribution in [-0.4, -0.2) is 13.4 Å². The molecule has 0 unspecified atom stereocenters. The van der Waals surface area contributed by atoms with Crippen LogP contribution in [0.15, 0.2) is 65.7 Å². The maximum atomic E-state index is 13.0. The molecule has 2 aromatic carbocycles. The average molecular weight is 449 g/mol. The summed E-state index contributed by atoms with van der Waals surface area (Å²) >= 11 is 0. The second-order valence-corrected chi connectivity index (χ2v) is 9.59. The van der Waals surface area contributed by atoms with E-state index in [-0.39, 0.29) is 0 Å². The molecule has 0 atom stereocenters. The standard InChI is InChI=1S/C23H23F3N2O2S/c1-15-16(2)27-12-11-21(15)17-7-5-8-18(13-17)22(3,4)28-31(29,30)20-10-6-9-19(14-20)23(24,25)26/h5-14,28H,1-4H3. The summed E-state index contributed by atoms with van der Waals surface area (Å²) in [6.45, 7) is 7.21. The van der Waals surface area contributed by atoms with Gasteiger partial charge in [0.05, 0.1) is 16.0 Å². The van der Waals surface area contributed by atoms with E-state index in [2.05, 4.69) is 9.71 Å². The van der Waals surface area contributed by atoms with Crippen LogP contribution in [0.25, 0.3) is 11.1 Å². The molecule has 1 aromatic heterocycles. The van der Waals surface area contributed by atoms with Gasteiger partial charge in [0.25, 0.3) is 0 Å². The number of halogens is 3. The number of nitrogens with one attached hydrogen (secondary N) is 1. The molecule has 0 bridgehead atoms. The van der Waals surface area contributed by atoms with E-state index in [0.717, 1.165) is 40.6 Å². The van der Waals surface area contributed by atoms with Crippen molar-refractivity contribution in [3.05, 3.63) is 83.2 Å². The fourth-order valence-electron chi connectivity index (χ4n) is 3.32. The molecule has 0 spiro atoms. The SMILES string of the molecule is Cc1nccc(-c2cccc(C(C)(C)NS(=O)(=O)c3cccc(C(F)(F)F)c3)c2)c1C. The summed E-state index contributed by atoms with van der Waals surface area (Å²) in [6, 6.07) is 13.0. The van der Waals surface area contributed by atoms with E-state index in [4.69, 9.17) is 0 Å². The van der Waals surface area contributed by atoms with Crippen LogP contribution in [0.3, 0.4) is 0 Å². The van der Waals surface area contributed by atoms with Crippen molar-refractivity contribution in [2.75, 3.05) is 0 Å². The van der Waals surface area contributed by atoms with Gasteiger partial charge in [0.1, 0.15) is 0 Å². The number of sulfonamides is 1. The van der Waals surface area contributed by atoms with Crippen molar-refractivity contribution in [3.8, 4) is 11.1 Å². The summed E-state index contributed by atoms with van der Waals surface area (Å²) in [6.07, 6.45) is -2.91. The number of alkyl halides is 3. The highest BCUT2D eigenvalue weighted by molar-refractivity contribution is 7.89. The number of aromatic nitrogens is 1. The van der Waals surface area contributed by atoms with Gasteiger partial charge >= 0.3 is 6.18 Å². The second-order valence-electron chi connectivity index (χ2n) is 7.91. The Labute approximate surface area is 180 Å². The third kappa shape index (κ3) is 4.97. The van der Waals surface area contributed by atoms with Crippen LogP contribution < -0.4 is 4.72 Å². The molecule has 31 heavy (non-hydrogen) atoms. The van der Waals surface area contributed by atoms with Crippen molar-refractivity contribution in [2.45, 2.75) is 44.3 Å². The Morgan fingerprint density at radius 1 is 0.903 bits per heavy atom. The molecular weight excluding hydrogens is 425 g/mol. The first-order chi connectivity index (χ1) is 14.3. The van der Waals surface area contributed by atoms with Gasteiger partial charge < -0.3 is 0 Å². The smallest absolute Gasteiger partial charge is 0.261 e. The number of hydrogen-bond donors (Lipinski definition) is 1. The first-order valence-corrected chi connectivity index (χ1v) is 11.0. The fourth-order valence-corrected chi connectivity index (χ4v) is 4.77. The lowest BCUT2D eigenvalue weighted by Crippen LogP contribution is -2.41. The minimum atomic E-state index is -4.63. The van der Waals surface area contributed by atoms with Crippen LogP contribution in [0.1, 0.15) is 36.2 Å². The van der Waals surface area contributed by atoms with Crippen LogP contribution in [0.5, 0.6) is 0 Å². The third-order valence-electron chi connectivity index (χ3n) is 5.21. The molecule has 3 aromatic rings. The van der Waals surface area contributed by atoms with Gasteiger partial charge in [-0.05, 0) is 80.3 Å². The summed E-state index contributed by atoms with van der Waals surface area (Å²) in [5, 5.41) is 0. The van der Waals surface area contributed by atoms with Gasteiger partial charge in [0.2, 0.25) is 10.0 Å². The first kappa shape index (κ1) is 23.0. The molecule has 0 saturated carbocycles. The lowest BCUT2D eigenvalue weighted by Gasteiger charge is -2.27. The molecule has 4 nitrogen and oxygen atoms in total. The normalized spacial score (nSPS) is 12.7. The lowest BCUT2D eigenvalue weighted by atomic mass is 9.91. The molecule has 3 rings (SSSR count). The highest BCUT2D eigenvalue weighted by Gasteiger charge is 2.33. The summed E-state index contributed by atoms with van der Waals surface area (Å²) in [4.78, 5) is 3.83. The van der Waals surface area contributed by atoms with Crippen molar-refractivity contribution < 1.29 is 21.6 Å². The Balaban J connectivity index is 1.96. The van der Waals surface area contributed by atoms with Gasteiger partial charge in [-0.3, -0.25) is 4.98 Å². The number of benzene rings is 2. The average Bonchev–Trinajstić information content (AvgIpc) is 2.69. The highest BCUT2D eigenvalue weighted by atomic mass is 32.2. The third-order valence-corrected chi connectivity index (χ3v) is 6.87. The van der Waals surface area contributed by atoms with Crippen LogP contribution >= 0.6 is 0 Å². The van der Waals surface area contributed by atoms with Gasteiger partial charge in [-0.1, -0.05) is 24.3 Å². The van der Waals surface area contributed by atoms with Crippen molar-refractivity contribution in [2.24, 2.45) is 0 Å². The largest absolute Gasteiger partial charge is 0.416 e. The molecule has 0 amide bonds. The number of hydrogen-bond acceptors (Lipinski definition) is 3. The van der Waals surface area contributed by atoms with E-state index in [1.54, 1.807) is 26.1 Å². The molecule has 0 aliphatic carbocycles. The van der Waals surface area contributed by atoms with Crippen molar-refractivity contribution in [1.82, 2.24) is 9.71 Å². The summed E-state index contributed by atoms with van der Waals surface area (Å²) < 4.78 is 67.3. The minimum absolute atomic E-state index is 0.438. The van der Waals surface area contributed by atoms with E-state index in [9.17, 15) is 21.6 Å². The van der Waals surface area contributed by atoms with Crippen LogP contribution in [0.4, 0.5) is 13.2 Å². The Hall–Kier alpha value is -2.71. The van der Waals surface area contributed by atoms with Crippen molar-refractivity contribution >= 4 is 10.0 Å². The molecule has 1 heterocycles. The highest BCUT2D eigenvalue weighted by Crippen LogP contribution is 2.32. The van der Waals surface area contributed by atoms with Gasteiger partial charge in [-0.2, -0.15) is 13.2 Å². The molecule has 164 valence electrons. The first-order valence-electron chi connectivity index (χ1n) is 9.56. The number of pyridine rings is 1. The van der Waals surface area contributed by atoms with Crippen molar-refractivity contribution in [1.29, 1.82) is 0 Å². The molecule has 0 radical (unpaired) electrons. The van der Waals surface area contributed by atoms with E-state index in [1.165, 1.54) is 0 Å². The molecule has 8 heteroatoms. The van der Waals surface area contributed by atoms with Crippen LogP contribution in [-0.2, 0) is 21.7 Å². The van der Waals surface area contributed by atoms with Gasteiger partial charge in [-0.15, -0.1) is 0 Å². The Bertz CT molecular complexity index is 1220. The molecule has 0 aliphatic rings. The number of nitrogens with zero attached hydrogens (tertiary/aromatic N) is 1. The van der Waals surface area contributed by atoms with Crippen molar-refractivity contribution in [3.63, 3.8) is 0 Å². The quantitative estimate of drug-likeness (QED) is 0.553. The van der Waals surface area contributed by atoms with Gasteiger partial charge in [-0.25, -0.2) is 13.1 Å². The summed E-state index contributed by atoms with van der Waals surface area (Å²) in [5.74, 6) is 0. The van der Waals surface area contributed by atoms with Crippen LogP contribution in [0, 0.1) is 13.8 Å². The van der Waals surface area contributed by atoms with E-state index in [1.807, 2.05) is 38.1 Å². The Morgan fingerprint density at radius 2 is 1.55 bits per heavy atom. The van der Waals surface area contributed by atoms with E-state index >= 15 is 0 Å². The maximum absolute atomic E-state index is 13.0. The predicted octanol–water partition coefficient (Wildman–Crippen LogP) is 5.60. The zero-order chi connectivity index (χ0) is 23.0. The lowest BCUT2D eigenvalue weighted by molar-refractivity contribution is -0.137. The van der Waals surface area contributed by atoms with E-state index in [0.29, 0.717) is 11.6 Å². The Kier molecular flexibility index (Phi) is 5.99. The topological polar surface area (TPSA) is 59.1 Å². The molecule has 0 saturated heterocycles. The monoisotopic (exact) mass is 448 g/mol. The number of rotatable bonds is 5.